The molecule has 0 heterocycles. The van der Waals surface area contributed by atoms with Crippen LogP contribution >= 0.6 is 0 Å². The number of aliphatic hydroxyl groups excluding tert-OH is 1. The maximum Gasteiger partial charge on any atom is 0.251 e. The Kier molecular flexibility index (Phi) is 5.48. The Balaban J connectivity index is 2.35. The zero-order valence-electron chi connectivity index (χ0n) is 10.6. The highest BCUT2D eigenvalue weighted by atomic mass is 16.3. The first-order chi connectivity index (χ1) is 9.40. The van der Waals surface area contributed by atoms with E-state index in [0.29, 0.717) is 11.3 Å². The van der Waals surface area contributed by atoms with Gasteiger partial charge in [-0.25, -0.2) is 0 Å². The maximum absolute atomic E-state index is 11.7. The van der Waals surface area contributed by atoms with Gasteiger partial charge in [-0.2, -0.15) is 0 Å². The van der Waals surface area contributed by atoms with Crippen molar-refractivity contribution in [2.24, 2.45) is 5.73 Å². The summed E-state index contributed by atoms with van der Waals surface area (Å²) in [5, 5.41) is 13.7. The van der Waals surface area contributed by atoms with E-state index in [2.05, 4.69) is 10.6 Å². The number of anilines is 1. The average Bonchev–Trinajstić information content (AvgIpc) is 2.42. The fraction of sp³-hybridized carbons (Fsp3) is 0.250. The van der Waals surface area contributed by atoms with Gasteiger partial charge in [0.25, 0.3) is 5.91 Å². The molecule has 0 spiro atoms. The molecule has 108 valence electrons. The number of benzene rings is 1. The van der Waals surface area contributed by atoms with Crippen molar-refractivity contribution < 1.29 is 19.5 Å². The molecule has 1 unspecified atom stereocenters. The van der Waals surface area contributed by atoms with E-state index in [-0.39, 0.29) is 13.1 Å². The van der Waals surface area contributed by atoms with Crippen molar-refractivity contribution in [1.29, 1.82) is 0 Å². The Morgan fingerprint density at radius 3 is 2.30 bits per heavy atom. The number of hydrogen-bond acceptors (Lipinski definition) is 5. The number of amides is 3. The van der Waals surface area contributed by atoms with Crippen molar-refractivity contribution in [3.05, 3.63) is 29.8 Å². The number of hydrogen-bond donors (Lipinski definition) is 5. The van der Waals surface area contributed by atoms with Crippen LogP contribution < -0.4 is 22.1 Å². The normalized spacial score (nSPS) is 11.4. The van der Waals surface area contributed by atoms with E-state index in [1.165, 1.54) is 12.1 Å². The first-order valence-electron chi connectivity index (χ1n) is 5.78. The largest absolute Gasteiger partial charge is 0.399 e. The van der Waals surface area contributed by atoms with Crippen LogP contribution in [-0.2, 0) is 9.59 Å². The molecule has 0 aromatic heterocycles. The van der Waals surface area contributed by atoms with Gasteiger partial charge in [0.05, 0.1) is 13.1 Å². The van der Waals surface area contributed by atoms with Crippen LogP contribution in [0.3, 0.4) is 0 Å². The molecule has 0 fully saturated rings. The lowest BCUT2D eigenvalue weighted by atomic mass is 10.2. The predicted molar refractivity (Wildman–Crippen MR) is 71.4 cm³/mol. The smallest absolute Gasteiger partial charge is 0.251 e. The van der Waals surface area contributed by atoms with E-state index in [1.54, 1.807) is 12.1 Å². The molecule has 0 bridgehead atoms. The molecule has 1 aromatic rings. The Hall–Kier alpha value is -2.61. The first-order valence-corrected chi connectivity index (χ1v) is 5.78. The van der Waals surface area contributed by atoms with Gasteiger partial charge in [0.1, 0.15) is 6.10 Å². The van der Waals surface area contributed by atoms with Crippen molar-refractivity contribution in [3.8, 4) is 0 Å². The minimum Gasteiger partial charge on any atom is -0.399 e. The highest BCUT2D eigenvalue weighted by Crippen LogP contribution is 2.04. The quantitative estimate of drug-likeness (QED) is 0.381. The Morgan fingerprint density at radius 2 is 1.75 bits per heavy atom. The van der Waals surface area contributed by atoms with Gasteiger partial charge < -0.3 is 27.2 Å². The molecule has 0 radical (unpaired) electrons. The van der Waals surface area contributed by atoms with E-state index in [1.807, 2.05) is 0 Å². The number of nitrogens with two attached hydrogens (primary N) is 2. The molecule has 8 heteroatoms. The van der Waals surface area contributed by atoms with Gasteiger partial charge in [-0.05, 0) is 24.3 Å². The molecule has 7 N–H and O–H groups in total. The number of carbonyl (C=O) groups is 3. The Bertz CT molecular complexity index is 501. The van der Waals surface area contributed by atoms with Gasteiger partial charge in [0.15, 0.2) is 0 Å². The van der Waals surface area contributed by atoms with Gasteiger partial charge in [0.2, 0.25) is 11.8 Å². The van der Waals surface area contributed by atoms with Crippen molar-refractivity contribution in [2.75, 3.05) is 18.8 Å². The van der Waals surface area contributed by atoms with Crippen LogP contribution in [0.25, 0.3) is 0 Å². The van der Waals surface area contributed by atoms with E-state index in [9.17, 15) is 14.4 Å². The summed E-state index contributed by atoms with van der Waals surface area (Å²) >= 11 is 0. The lowest BCUT2D eigenvalue weighted by molar-refractivity contribution is -0.126. The molecule has 0 aliphatic heterocycles. The lowest BCUT2D eigenvalue weighted by Gasteiger charge is -2.09. The van der Waals surface area contributed by atoms with Crippen molar-refractivity contribution in [1.82, 2.24) is 10.6 Å². The monoisotopic (exact) mass is 280 g/mol. The summed E-state index contributed by atoms with van der Waals surface area (Å²) in [6.45, 7) is -0.583. The number of aliphatic hydroxyl groups is 1. The number of carbonyl (C=O) groups excluding carboxylic acids is 3. The molecule has 0 aliphatic carbocycles. The summed E-state index contributed by atoms with van der Waals surface area (Å²) in [5.74, 6) is -1.92. The minimum absolute atomic E-state index is 0.283. The van der Waals surface area contributed by atoms with Crippen molar-refractivity contribution in [3.63, 3.8) is 0 Å². The molecule has 3 amide bonds. The van der Waals surface area contributed by atoms with Crippen molar-refractivity contribution >= 4 is 23.4 Å². The Labute approximate surface area is 115 Å². The summed E-state index contributed by atoms with van der Waals surface area (Å²) in [7, 11) is 0. The van der Waals surface area contributed by atoms with Crippen LogP contribution in [0.1, 0.15) is 10.4 Å². The van der Waals surface area contributed by atoms with Gasteiger partial charge in [0, 0.05) is 11.3 Å². The Morgan fingerprint density at radius 1 is 1.15 bits per heavy atom. The topological polar surface area (TPSA) is 148 Å². The lowest BCUT2D eigenvalue weighted by Crippen LogP contribution is -2.43. The molecule has 0 aliphatic rings. The fourth-order valence-electron chi connectivity index (χ4n) is 1.27. The van der Waals surface area contributed by atoms with Gasteiger partial charge in [-0.15, -0.1) is 0 Å². The van der Waals surface area contributed by atoms with Crippen LogP contribution in [0.15, 0.2) is 24.3 Å². The van der Waals surface area contributed by atoms with Crippen LogP contribution in [0, 0.1) is 0 Å². The van der Waals surface area contributed by atoms with E-state index in [0.717, 1.165) is 0 Å². The maximum atomic E-state index is 11.7. The molecule has 0 saturated carbocycles. The highest BCUT2D eigenvalue weighted by Gasteiger charge is 2.13. The number of rotatable bonds is 6. The number of primary amides is 1. The summed E-state index contributed by atoms with van der Waals surface area (Å²) in [6, 6.07) is 6.19. The summed E-state index contributed by atoms with van der Waals surface area (Å²) < 4.78 is 0. The standard InChI is InChI=1S/C12H16N4O4/c13-8-3-1-7(2-4-8)12(20)16-6-10(18)15-5-9(17)11(14)19/h1-4,9,17H,5-6,13H2,(H2,14,19)(H,15,18)(H,16,20). The van der Waals surface area contributed by atoms with Gasteiger partial charge >= 0.3 is 0 Å². The zero-order valence-corrected chi connectivity index (χ0v) is 10.6. The van der Waals surface area contributed by atoms with E-state index in [4.69, 9.17) is 16.6 Å². The molecule has 0 saturated heterocycles. The minimum atomic E-state index is -1.45. The fourth-order valence-corrected chi connectivity index (χ4v) is 1.27. The third-order valence-corrected chi connectivity index (χ3v) is 2.40. The summed E-state index contributed by atoms with van der Waals surface area (Å²) in [6.07, 6.45) is -1.45. The molecular weight excluding hydrogens is 264 g/mol. The zero-order chi connectivity index (χ0) is 15.1. The van der Waals surface area contributed by atoms with Crippen molar-refractivity contribution in [2.45, 2.75) is 6.10 Å². The number of nitrogens with one attached hydrogen (secondary N) is 2. The SMILES string of the molecule is NC(=O)C(O)CNC(=O)CNC(=O)c1ccc(N)cc1. The second-order valence-electron chi connectivity index (χ2n) is 4.03. The predicted octanol–water partition coefficient (Wildman–Crippen LogP) is -2.04. The van der Waals surface area contributed by atoms with Crippen LogP contribution in [0.4, 0.5) is 5.69 Å². The molecule has 1 atom stereocenters. The third-order valence-electron chi connectivity index (χ3n) is 2.40. The van der Waals surface area contributed by atoms with Gasteiger partial charge in [-0.1, -0.05) is 0 Å². The van der Waals surface area contributed by atoms with E-state index < -0.39 is 23.8 Å². The third kappa shape index (κ3) is 4.94. The summed E-state index contributed by atoms with van der Waals surface area (Å²) in [5.41, 5.74) is 11.2. The molecular formula is C12H16N4O4. The molecule has 1 rings (SSSR count). The second kappa shape index (κ2) is 7.10. The second-order valence-corrected chi connectivity index (χ2v) is 4.03. The van der Waals surface area contributed by atoms with E-state index >= 15 is 0 Å². The molecule has 1 aromatic carbocycles. The number of nitrogen functional groups attached to an aromatic ring is 1. The van der Waals surface area contributed by atoms with Crippen LogP contribution in [0.2, 0.25) is 0 Å². The highest BCUT2D eigenvalue weighted by molar-refractivity contribution is 5.96. The van der Waals surface area contributed by atoms with Gasteiger partial charge in [-0.3, -0.25) is 14.4 Å². The molecule has 20 heavy (non-hydrogen) atoms. The van der Waals surface area contributed by atoms with Crippen LogP contribution in [0.5, 0.6) is 0 Å². The molecule has 8 nitrogen and oxygen atoms in total. The average molecular weight is 280 g/mol. The van der Waals surface area contributed by atoms with Crippen LogP contribution in [-0.4, -0.2) is 42.0 Å². The first kappa shape index (κ1) is 15.4. The summed E-state index contributed by atoms with van der Waals surface area (Å²) in [4.78, 5) is 33.5.